The lowest BCUT2D eigenvalue weighted by atomic mass is 10.1. The molecular weight excluding hydrogens is 378 g/mol. The van der Waals surface area contributed by atoms with Crippen LogP contribution in [0.1, 0.15) is 28.4 Å². The number of aliphatic imine (C=N–C) groups is 1. The predicted molar refractivity (Wildman–Crippen MR) is 122 cm³/mol. The molecule has 7 heteroatoms. The monoisotopic (exact) mass is 411 g/mol. The molecule has 0 bridgehead atoms. The molecule has 0 unspecified atom stereocenters. The fourth-order valence-electron chi connectivity index (χ4n) is 2.85. The van der Waals surface area contributed by atoms with E-state index in [0.717, 1.165) is 23.4 Å². The van der Waals surface area contributed by atoms with E-state index in [1.165, 1.54) is 0 Å². The SMILES string of the molecule is CCOc1ccccc1CNC(=NC)NCc1cccc(C(=O)NCCN(C)C)c1. The number of benzene rings is 2. The number of ether oxygens (including phenoxy) is 1. The van der Waals surface area contributed by atoms with Crippen LogP contribution in [0, 0.1) is 0 Å². The third-order valence-corrected chi connectivity index (χ3v) is 4.44. The van der Waals surface area contributed by atoms with Crippen LogP contribution in [-0.4, -0.2) is 57.6 Å². The van der Waals surface area contributed by atoms with Gasteiger partial charge in [0.2, 0.25) is 0 Å². The summed E-state index contributed by atoms with van der Waals surface area (Å²) < 4.78 is 5.67. The maximum absolute atomic E-state index is 12.3. The molecule has 2 aromatic rings. The Morgan fingerprint density at radius 1 is 1.03 bits per heavy atom. The second-order valence-electron chi connectivity index (χ2n) is 7.08. The third kappa shape index (κ3) is 7.75. The van der Waals surface area contributed by atoms with Crippen molar-refractivity contribution in [1.29, 1.82) is 0 Å². The summed E-state index contributed by atoms with van der Waals surface area (Å²) >= 11 is 0. The van der Waals surface area contributed by atoms with Crippen LogP contribution in [-0.2, 0) is 13.1 Å². The number of hydrogen-bond acceptors (Lipinski definition) is 4. The summed E-state index contributed by atoms with van der Waals surface area (Å²) in [6.07, 6.45) is 0. The highest BCUT2D eigenvalue weighted by Gasteiger charge is 2.07. The second-order valence-corrected chi connectivity index (χ2v) is 7.08. The van der Waals surface area contributed by atoms with Crippen LogP contribution in [0.3, 0.4) is 0 Å². The number of nitrogens with zero attached hydrogens (tertiary/aromatic N) is 2. The number of nitrogens with one attached hydrogen (secondary N) is 3. The van der Waals surface area contributed by atoms with Crippen molar-refractivity contribution in [3.8, 4) is 5.75 Å². The van der Waals surface area contributed by atoms with Crippen LogP contribution < -0.4 is 20.7 Å². The van der Waals surface area contributed by atoms with Crippen LogP contribution in [0.4, 0.5) is 0 Å². The zero-order chi connectivity index (χ0) is 21.8. The highest BCUT2D eigenvalue weighted by Crippen LogP contribution is 2.17. The van der Waals surface area contributed by atoms with Gasteiger partial charge in [-0.3, -0.25) is 9.79 Å². The van der Waals surface area contributed by atoms with Crippen molar-refractivity contribution in [3.63, 3.8) is 0 Å². The van der Waals surface area contributed by atoms with E-state index in [2.05, 4.69) is 20.9 Å². The maximum Gasteiger partial charge on any atom is 0.251 e. The fourth-order valence-corrected chi connectivity index (χ4v) is 2.85. The van der Waals surface area contributed by atoms with E-state index < -0.39 is 0 Å². The molecule has 0 atom stereocenters. The topological polar surface area (TPSA) is 78.0 Å². The Morgan fingerprint density at radius 3 is 2.53 bits per heavy atom. The molecule has 0 spiro atoms. The van der Waals surface area contributed by atoms with Gasteiger partial charge in [-0.05, 0) is 44.8 Å². The summed E-state index contributed by atoms with van der Waals surface area (Å²) in [4.78, 5) is 18.6. The Bertz CT molecular complexity index is 836. The van der Waals surface area contributed by atoms with Crippen molar-refractivity contribution in [2.75, 3.05) is 40.8 Å². The summed E-state index contributed by atoms with van der Waals surface area (Å²) in [5.41, 5.74) is 2.73. The first kappa shape index (κ1) is 23.2. The molecule has 30 heavy (non-hydrogen) atoms. The molecule has 0 saturated carbocycles. The van der Waals surface area contributed by atoms with Gasteiger partial charge >= 0.3 is 0 Å². The molecule has 0 aliphatic heterocycles. The normalized spacial score (nSPS) is 11.3. The summed E-state index contributed by atoms with van der Waals surface area (Å²) in [6.45, 7) is 5.19. The zero-order valence-electron chi connectivity index (χ0n) is 18.4. The van der Waals surface area contributed by atoms with E-state index in [-0.39, 0.29) is 5.91 Å². The van der Waals surface area contributed by atoms with Crippen molar-refractivity contribution >= 4 is 11.9 Å². The Kier molecular flexibility index (Phi) is 9.67. The minimum Gasteiger partial charge on any atom is -0.494 e. The number of rotatable bonds is 10. The Labute approximate surface area is 179 Å². The highest BCUT2D eigenvalue weighted by atomic mass is 16.5. The predicted octanol–water partition coefficient (Wildman–Crippen LogP) is 2.24. The van der Waals surface area contributed by atoms with Gasteiger partial charge in [0.15, 0.2) is 5.96 Å². The first-order valence-corrected chi connectivity index (χ1v) is 10.2. The third-order valence-electron chi connectivity index (χ3n) is 4.44. The van der Waals surface area contributed by atoms with Crippen LogP contribution in [0.5, 0.6) is 5.75 Å². The van der Waals surface area contributed by atoms with Gasteiger partial charge in [-0.25, -0.2) is 0 Å². The van der Waals surface area contributed by atoms with E-state index in [4.69, 9.17) is 4.74 Å². The lowest BCUT2D eigenvalue weighted by Gasteiger charge is -2.15. The van der Waals surface area contributed by atoms with Crippen LogP contribution in [0.25, 0.3) is 0 Å². The Balaban J connectivity index is 1.88. The summed E-state index contributed by atoms with van der Waals surface area (Å²) in [5, 5.41) is 9.54. The van der Waals surface area contributed by atoms with Gasteiger partial charge in [-0.15, -0.1) is 0 Å². The number of likely N-dealkylation sites (N-methyl/N-ethyl adjacent to an activating group) is 1. The van der Waals surface area contributed by atoms with Crippen molar-refractivity contribution in [3.05, 3.63) is 65.2 Å². The van der Waals surface area contributed by atoms with Gasteiger partial charge < -0.3 is 25.6 Å². The molecule has 2 rings (SSSR count). The smallest absolute Gasteiger partial charge is 0.251 e. The maximum atomic E-state index is 12.3. The molecule has 3 N–H and O–H groups in total. The van der Waals surface area contributed by atoms with E-state index in [1.54, 1.807) is 7.05 Å². The molecule has 2 aromatic carbocycles. The molecule has 0 aliphatic rings. The standard InChI is InChI=1S/C23H33N5O2/c1-5-30-21-12-7-6-10-20(21)17-27-23(24-2)26-16-18-9-8-11-19(15-18)22(29)25-13-14-28(3)4/h6-12,15H,5,13-14,16-17H2,1-4H3,(H,25,29)(H2,24,26,27). The molecule has 0 aromatic heterocycles. The van der Waals surface area contributed by atoms with Crippen molar-refractivity contribution in [2.45, 2.75) is 20.0 Å². The van der Waals surface area contributed by atoms with E-state index in [0.29, 0.717) is 37.8 Å². The number of carbonyl (C=O) groups excluding carboxylic acids is 1. The lowest BCUT2D eigenvalue weighted by molar-refractivity contribution is 0.0951. The van der Waals surface area contributed by atoms with Gasteiger partial charge in [-0.1, -0.05) is 30.3 Å². The van der Waals surface area contributed by atoms with Crippen molar-refractivity contribution in [1.82, 2.24) is 20.9 Å². The molecule has 0 fully saturated rings. The lowest BCUT2D eigenvalue weighted by Crippen LogP contribution is -2.36. The second kappa shape index (κ2) is 12.5. The quantitative estimate of drug-likeness (QED) is 0.413. The van der Waals surface area contributed by atoms with Crippen LogP contribution in [0.2, 0.25) is 0 Å². The minimum atomic E-state index is -0.0614. The molecule has 0 aliphatic carbocycles. The summed E-state index contributed by atoms with van der Waals surface area (Å²) in [7, 11) is 5.70. The van der Waals surface area contributed by atoms with E-state index in [9.17, 15) is 4.79 Å². The average Bonchev–Trinajstić information content (AvgIpc) is 2.75. The number of amides is 1. The fraction of sp³-hybridized carbons (Fsp3) is 0.391. The van der Waals surface area contributed by atoms with E-state index >= 15 is 0 Å². The number of para-hydroxylation sites is 1. The van der Waals surface area contributed by atoms with Crippen molar-refractivity contribution in [2.24, 2.45) is 4.99 Å². The largest absolute Gasteiger partial charge is 0.494 e. The van der Waals surface area contributed by atoms with Gasteiger partial charge in [0.1, 0.15) is 5.75 Å². The van der Waals surface area contributed by atoms with E-state index in [1.807, 2.05) is 74.4 Å². The average molecular weight is 412 g/mol. The first-order chi connectivity index (χ1) is 14.5. The van der Waals surface area contributed by atoms with Gasteiger partial charge in [0.25, 0.3) is 5.91 Å². The van der Waals surface area contributed by atoms with Crippen LogP contribution in [0.15, 0.2) is 53.5 Å². The summed E-state index contributed by atoms with van der Waals surface area (Å²) in [6, 6.07) is 15.6. The van der Waals surface area contributed by atoms with Gasteiger partial charge in [0.05, 0.1) is 6.61 Å². The number of guanidine groups is 1. The molecular formula is C23H33N5O2. The molecule has 1 amide bonds. The summed E-state index contributed by atoms with van der Waals surface area (Å²) in [5.74, 6) is 1.49. The number of carbonyl (C=O) groups is 1. The number of hydrogen-bond donors (Lipinski definition) is 3. The Morgan fingerprint density at radius 2 is 1.80 bits per heavy atom. The highest BCUT2D eigenvalue weighted by molar-refractivity contribution is 5.94. The first-order valence-electron chi connectivity index (χ1n) is 10.2. The van der Waals surface area contributed by atoms with Crippen molar-refractivity contribution < 1.29 is 9.53 Å². The zero-order valence-corrected chi connectivity index (χ0v) is 18.4. The van der Waals surface area contributed by atoms with Gasteiger partial charge in [0, 0.05) is 44.4 Å². The molecule has 0 radical (unpaired) electrons. The van der Waals surface area contributed by atoms with Crippen LogP contribution >= 0.6 is 0 Å². The minimum absolute atomic E-state index is 0.0614. The molecule has 7 nitrogen and oxygen atoms in total. The molecule has 0 saturated heterocycles. The Hall–Kier alpha value is -3.06. The molecule has 0 heterocycles. The van der Waals surface area contributed by atoms with Gasteiger partial charge in [-0.2, -0.15) is 0 Å². The molecule has 162 valence electrons.